The fourth-order valence-corrected chi connectivity index (χ4v) is 3.10. The lowest BCUT2D eigenvalue weighted by molar-refractivity contribution is -0.121. The molecule has 0 aromatic carbocycles. The number of hydrogen-bond donors (Lipinski definition) is 12. The maximum Gasteiger partial charge on any atom is 0.240 e. The molecule has 0 bridgehead atoms. The first-order valence-corrected chi connectivity index (χ1v) is 11.5. The van der Waals surface area contributed by atoms with Crippen molar-refractivity contribution in [1.29, 1.82) is 0 Å². The van der Waals surface area contributed by atoms with Crippen molar-refractivity contribution in [1.82, 2.24) is 10.9 Å². The van der Waals surface area contributed by atoms with E-state index in [4.69, 9.17) is 10.2 Å². The number of thioether (sulfide) groups is 1. The van der Waals surface area contributed by atoms with Crippen molar-refractivity contribution in [2.75, 3.05) is 37.9 Å². The molecular weight excluding hydrogens is 496 g/mol. The van der Waals surface area contributed by atoms with E-state index in [1.54, 1.807) is 0 Å². The fourth-order valence-electron chi connectivity index (χ4n) is 2.23. The Bertz CT molecular complexity index is 642. The van der Waals surface area contributed by atoms with E-state index < -0.39 is 86.3 Å². The highest BCUT2D eigenvalue weighted by molar-refractivity contribution is 7.99. The number of amides is 2. The van der Waals surface area contributed by atoms with Crippen molar-refractivity contribution in [2.24, 2.45) is 10.2 Å². The molecule has 0 aromatic rings. The smallest absolute Gasteiger partial charge is 0.240 e. The molecule has 6 atom stereocenters. The van der Waals surface area contributed by atoms with Crippen molar-refractivity contribution in [3.63, 3.8) is 0 Å². The van der Waals surface area contributed by atoms with Gasteiger partial charge < -0.3 is 51.1 Å². The number of nitrogens with one attached hydrogen (secondary N) is 2. The average Bonchev–Trinajstić information content (AvgIpc) is 2.86. The number of carbonyl (C=O) groups is 2. The van der Waals surface area contributed by atoms with E-state index in [-0.39, 0.29) is 24.3 Å². The number of aliphatic hydroxyl groups is 10. The van der Waals surface area contributed by atoms with Gasteiger partial charge in [0.1, 0.15) is 36.6 Å². The molecule has 0 heterocycles. The van der Waals surface area contributed by atoms with Crippen LogP contribution in [0.3, 0.4) is 0 Å². The summed E-state index contributed by atoms with van der Waals surface area (Å²) in [5.41, 5.74) is 3.25. The maximum absolute atomic E-state index is 11.8. The van der Waals surface area contributed by atoms with Crippen LogP contribution < -0.4 is 10.9 Å². The van der Waals surface area contributed by atoms with Gasteiger partial charge in [-0.3, -0.25) is 9.59 Å². The largest absolute Gasteiger partial charge is 0.394 e. The lowest BCUT2D eigenvalue weighted by Gasteiger charge is -2.21. The highest BCUT2D eigenvalue weighted by atomic mass is 32.2. The van der Waals surface area contributed by atoms with E-state index in [9.17, 15) is 50.4 Å². The Hall–Kier alpha value is -1.77. The highest BCUT2D eigenvalue weighted by Crippen LogP contribution is 2.06. The minimum atomic E-state index is -1.83. The van der Waals surface area contributed by atoms with Gasteiger partial charge >= 0.3 is 0 Å². The Morgan fingerprint density at radius 2 is 1.00 bits per heavy atom. The lowest BCUT2D eigenvalue weighted by atomic mass is 10.0. The highest BCUT2D eigenvalue weighted by Gasteiger charge is 2.29. The van der Waals surface area contributed by atoms with Crippen molar-refractivity contribution in [3.8, 4) is 0 Å². The van der Waals surface area contributed by atoms with Crippen LogP contribution in [0.5, 0.6) is 0 Å². The van der Waals surface area contributed by atoms with Gasteiger partial charge in [-0.25, -0.2) is 10.9 Å². The molecule has 0 aliphatic rings. The maximum atomic E-state index is 11.8. The van der Waals surface area contributed by atoms with Crippen molar-refractivity contribution in [2.45, 2.75) is 49.5 Å². The van der Waals surface area contributed by atoms with E-state index in [0.29, 0.717) is 0 Å². The molecule has 16 nitrogen and oxygen atoms in total. The molecule has 0 aliphatic carbocycles. The Kier molecular flexibility index (Phi) is 17.6. The van der Waals surface area contributed by atoms with E-state index in [0.717, 1.165) is 0 Å². The average molecular weight is 531 g/mol. The zero-order valence-electron chi connectivity index (χ0n) is 18.7. The fraction of sp³-hybridized carbons (Fsp3) is 0.778. The standard InChI is InChI=1S/C18H34N4O12S/c23-5-9(15(31)17(33)11(27)7-25)19-21-13(29)1-3-35-4-2-14(30)22-20-10(6-24)16(32)18(34)12(28)8-26/h11-12,15-18,23-28,31-34H,1-8H2,(H,21,29)(H,22,30)/b19-9+,20-10+. The SMILES string of the molecule is O=C(CCSCCC(=O)N/N=C(\CO)C(O)C(O)C(O)CO)N/N=C(\CO)C(O)C(O)C(O)CO. The summed E-state index contributed by atoms with van der Waals surface area (Å²) in [5.74, 6) is -0.696. The van der Waals surface area contributed by atoms with Crippen molar-refractivity contribution in [3.05, 3.63) is 0 Å². The topological polar surface area (TPSA) is 285 Å². The van der Waals surface area contributed by atoms with E-state index in [2.05, 4.69) is 21.1 Å². The second-order valence-electron chi connectivity index (χ2n) is 7.08. The van der Waals surface area contributed by atoms with Gasteiger partial charge in [0.15, 0.2) is 0 Å². The van der Waals surface area contributed by atoms with Gasteiger partial charge in [0.05, 0.1) is 37.9 Å². The molecular formula is C18H34N4O12S. The van der Waals surface area contributed by atoms with Crippen LogP contribution in [-0.2, 0) is 9.59 Å². The van der Waals surface area contributed by atoms with Crippen LogP contribution >= 0.6 is 11.8 Å². The van der Waals surface area contributed by atoms with Crippen LogP contribution in [0.2, 0.25) is 0 Å². The molecule has 12 N–H and O–H groups in total. The monoisotopic (exact) mass is 530 g/mol. The molecule has 0 saturated heterocycles. The molecule has 0 radical (unpaired) electrons. The first-order chi connectivity index (χ1) is 16.5. The number of carbonyl (C=O) groups excluding carboxylic acids is 2. The zero-order valence-corrected chi connectivity index (χ0v) is 19.5. The second kappa shape index (κ2) is 18.5. The lowest BCUT2D eigenvalue weighted by Crippen LogP contribution is -2.45. The molecule has 17 heteroatoms. The number of hydrazone groups is 2. The van der Waals surface area contributed by atoms with Crippen LogP contribution in [0, 0.1) is 0 Å². The molecule has 204 valence electrons. The van der Waals surface area contributed by atoms with Crippen molar-refractivity contribution >= 4 is 35.0 Å². The van der Waals surface area contributed by atoms with E-state index >= 15 is 0 Å². The van der Waals surface area contributed by atoms with Gasteiger partial charge in [-0.05, 0) is 0 Å². The Labute approximate surface area is 204 Å². The number of rotatable bonds is 18. The summed E-state index contributed by atoms with van der Waals surface area (Å²) in [6.07, 6.45) is -10.8. The van der Waals surface area contributed by atoms with Crippen LogP contribution in [-0.4, -0.2) is 149 Å². The Balaban J connectivity index is 4.40. The molecule has 0 aromatic heterocycles. The van der Waals surface area contributed by atoms with Gasteiger partial charge in [0.25, 0.3) is 0 Å². The van der Waals surface area contributed by atoms with Gasteiger partial charge in [0, 0.05) is 24.3 Å². The summed E-state index contributed by atoms with van der Waals surface area (Å²) < 4.78 is 0. The van der Waals surface area contributed by atoms with E-state index in [1.807, 2.05) is 0 Å². The quantitative estimate of drug-likeness (QED) is 0.0446. The van der Waals surface area contributed by atoms with Crippen LogP contribution in [0.15, 0.2) is 10.2 Å². The molecule has 35 heavy (non-hydrogen) atoms. The predicted molar refractivity (Wildman–Crippen MR) is 122 cm³/mol. The summed E-state index contributed by atoms with van der Waals surface area (Å²) in [5, 5.41) is 100. The first kappa shape index (κ1) is 33.2. The molecule has 0 aliphatic heterocycles. The third-order valence-corrected chi connectivity index (χ3v) is 5.40. The predicted octanol–water partition coefficient (Wildman–Crippen LogP) is -6.42. The summed E-state index contributed by atoms with van der Waals surface area (Å²) in [7, 11) is 0. The van der Waals surface area contributed by atoms with Gasteiger partial charge in [-0.2, -0.15) is 22.0 Å². The Morgan fingerprint density at radius 1 is 0.657 bits per heavy atom. The normalized spacial score (nSPS) is 17.8. The molecule has 0 fully saturated rings. The summed E-state index contributed by atoms with van der Waals surface area (Å²) in [6, 6.07) is 0. The number of nitrogens with zero attached hydrogens (tertiary/aromatic N) is 2. The summed E-state index contributed by atoms with van der Waals surface area (Å²) in [6.45, 7) is -3.35. The second-order valence-corrected chi connectivity index (χ2v) is 8.30. The van der Waals surface area contributed by atoms with Crippen LogP contribution in [0.25, 0.3) is 0 Å². The van der Waals surface area contributed by atoms with Crippen LogP contribution in [0.1, 0.15) is 12.8 Å². The van der Waals surface area contributed by atoms with Gasteiger partial charge in [-0.1, -0.05) is 0 Å². The Morgan fingerprint density at radius 3 is 1.29 bits per heavy atom. The third kappa shape index (κ3) is 12.7. The molecule has 0 spiro atoms. The minimum Gasteiger partial charge on any atom is -0.394 e. The molecule has 2 amide bonds. The van der Waals surface area contributed by atoms with Crippen molar-refractivity contribution < 1.29 is 60.7 Å². The number of hydrogen-bond acceptors (Lipinski definition) is 15. The number of aliphatic hydroxyl groups excluding tert-OH is 10. The molecule has 6 unspecified atom stereocenters. The van der Waals surface area contributed by atoms with Gasteiger partial charge in [-0.15, -0.1) is 0 Å². The molecule has 0 rings (SSSR count). The first-order valence-electron chi connectivity index (χ1n) is 10.3. The van der Waals surface area contributed by atoms with Crippen LogP contribution in [0.4, 0.5) is 0 Å². The summed E-state index contributed by atoms with van der Waals surface area (Å²) in [4.78, 5) is 23.6. The van der Waals surface area contributed by atoms with E-state index in [1.165, 1.54) is 11.8 Å². The molecule has 0 saturated carbocycles. The summed E-state index contributed by atoms with van der Waals surface area (Å²) >= 11 is 1.21. The third-order valence-electron chi connectivity index (χ3n) is 4.41. The zero-order chi connectivity index (χ0) is 27.0. The van der Waals surface area contributed by atoms with Gasteiger partial charge in [0.2, 0.25) is 11.8 Å². The minimum absolute atomic E-state index is 0.0590.